The molecule has 5 heteroatoms. The van der Waals surface area contributed by atoms with E-state index in [2.05, 4.69) is 15.3 Å². The summed E-state index contributed by atoms with van der Waals surface area (Å²) in [4.78, 5) is 8.43. The number of rotatable bonds is 5. The summed E-state index contributed by atoms with van der Waals surface area (Å²) in [5, 5.41) is 3.20. The molecule has 18 heavy (non-hydrogen) atoms. The molecular weight excluding hydrogens is 230 g/mol. The summed E-state index contributed by atoms with van der Waals surface area (Å²) in [5.41, 5.74) is 1.03. The molecule has 2 aromatic rings. The largest absolute Gasteiger partial charge is 0.464 e. The van der Waals surface area contributed by atoms with Crippen molar-refractivity contribution in [1.29, 1.82) is 0 Å². The zero-order chi connectivity index (χ0) is 13.0. The van der Waals surface area contributed by atoms with E-state index in [1.807, 2.05) is 26.0 Å². The lowest BCUT2D eigenvalue weighted by molar-refractivity contribution is 0.178. The van der Waals surface area contributed by atoms with Crippen molar-refractivity contribution in [3.63, 3.8) is 0 Å². The second-order valence-corrected chi connectivity index (χ2v) is 4.18. The van der Waals surface area contributed by atoms with Gasteiger partial charge >= 0.3 is 0 Å². The van der Waals surface area contributed by atoms with Crippen LogP contribution in [0, 0.1) is 13.8 Å². The summed E-state index contributed by atoms with van der Waals surface area (Å²) in [6.07, 6.45) is 3.54. The minimum absolute atomic E-state index is 0.0913. The smallest absolute Gasteiger partial charge is 0.223 e. The average Bonchev–Trinajstić information content (AvgIpc) is 2.78. The Morgan fingerprint density at radius 1 is 1.28 bits per heavy atom. The maximum atomic E-state index is 5.60. The summed E-state index contributed by atoms with van der Waals surface area (Å²) < 4.78 is 10.8. The molecule has 0 bridgehead atoms. The van der Waals surface area contributed by atoms with Crippen molar-refractivity contribution in [3.8, 4) is 0 Å². The molecular formula is C13H17N3O2. The molecule has 5 nitrogen and oxygen atoms in total. The van der Waals surface area contributed by atoms with Crippen molar-refractivity contribution in [3.05, 3.63) is 41.6 Å². The van der Waals surface area contributed by atoms with Crippen LogP contribution in [0.15, 0.2) is 28.9 Å². The van der Waals surface area contributed by atoms with Crippen molar-refractivity contribution in [1.82, 2.24) is 9.97 Å². The highest BCUT2D eigenvalue weighted by molar-refractivity contribution is 5.29. The predicted octanol–water partition coefficient (Wildman–Crippen LogP) is 2.49. The number of anilines is 1. The van der Waals surface area contributed by atoms with Crippen molar-refractivity contribution in [2.45, 2.75) is 19.9 Å². The first kappa shape index (κ1) is 12.6. The van der Waals surface area contributed by atoms with Gasteiger partial charge in [0.05, 0.1) is 6.61 Å². The summed E-state index contributed by atoms with van der Waals surface area (Å²) in [5.74, 6) is 2.26. The minimum atomic E-state index is -0.0913. The van der Waals surface area contributed by atoms with Gasteiger partial charge in [0.15, 0.2) is 0 Å². The van der Waals surface area contributed by atoms with Crippen molar-refractivity contribution < 1.29 is 9.15 Å². The Kier molecular flexibility index (Phi) is 3.94. The van der Waals surface area contributed by atoms with Gasteiger partial charge in [0.1, 0.15) is 17.6 Å². The summed E-state index contributed by atoms with van der Waals surface area (Å²) in [7, 11) is 1.65. The molecule has 1 N–H and O–H groups in total. The molecule has 0 spiro atoms. The fourth-order valence-corrected chi connectivity index (χ4v) is 1.63. The van der Waals surface area contributed by atoms with E-state index in [0.29, 0.717) is 12.6 Å². The van der Waals surface area contributed by atoms with Gasteiger partial charge in [0.2, 0.25) is 5.95 Å². The normalized spacial score (nSPS) is 12.4. The fourth-order valence-electron chi connectivity index (χ4n) is 1.63. The Hall–Kier alpha value is -1.88. The van der Waals surface area contributed by atoms with E-state index in [1.54, 1.807) is 19.5 Å². The highest BCUT2D eigenvalue weighted by Crippen LogP contribution is 2.20. The highest BCUT2D eigenvalue weighted by atomic mass is 16.5. The molecule has 0 aliphatic carbocycles. The van der Waals surface area contributed by atoms with Crippen LogP contribution >= 0.6 is 0 Å². The number of methoxy groups -OCH3 is 1. The van der Waals surface area contributed by atoms with Gasteiger partial charge in [-0.1, -0.05) is 0 Å². The lowest BCUT2D eigenvalue weighted by atomic mass is 10.2. The third kappa shape index (κ3) is 3.07. The third-order valence-electron chi connectivity index (χ3n) is 2.52. The molecule has 2 rings (SSSR count). The fraction of sp³-hybridized carbons (Fsp3) is 0.385. The van der Waals surface area contributed by atoms with Gasteiger partial charge in [0.25, 0.3) is 0 Å². The SMILES string of the molecule is COCC(Nc1ncc(C)cn1)c1ccc(C)o1. The number of aryl methyl sites for hydroxylation is 2. The molecule has 2 heterocycles. The molecule has 0 fully saturated rings. The molecule has 0 aliphatic heterocycles. The molecule has 2 aromatic heterocycles. The molecule has 0 aliphatic rings. The summed E-state index contributed by atoms with van der Waals surface area (Å²) in [6.45, 7) is 4.35. The number of aromatic nitrogens is 2. The Bertz CT molecular complexity index is 493. The first-order valence-corrected chi connectivity index (χ1v) is 5.79. The molecule has 0 amide bonds. The molecule has 1 unspecified atom stereocenters. The van der Waals surface area contributed by atoms with Gasteiger partial charge in [-0.3, -0.25) is 0 Å². The van der Waals surface area contributed by atoms with Gasteiger partial charge in [-0.25, -0.2) is 9.97 Å². The third-order valence-corrected chi connectivity index (χ3v) is 2.52. The standard InChI is InChI=1S/C13H17N3O2/c1-9-6-14-13(15-7-9)16-11(8-17-3)12-5-4-10(2)18-12/h4-7,11H,8H2,1-3H3,(H,14,15,16). The number of nitrogens with one attached hydrogen (secondary N) is 1. The van der Waals surface area contributed by atoms with Crippen molar-refractivity contribution in [2.24, 2.45) is 0 Å². The van der Waals surface area contributed by atoms with Crippen LogP contribution in [-0.2, 0) is 4.74 Å². The Morgan fingerprint density at radius 2 is 2.00 bits per heavy atom. The predicted molar refractivity (Wildman–Crippen MR) is 68.5 cm³/mol. The van der Waals surface area contributed by atoms with Gasteiger partial charge in [-0.2, -0.15) is 0 Å². The maximum absolute atomic E-state index is 5.60. The lowest BCUT2D eigenvalue weighted by Gasteiger charge is -2.15. The zero-order valence-corrected chi connectivity index (χ0v) is 10.8. The van der Waals surface area contributed by atoms with Crippen LogP contribution in [0.1, 0.15) is 23.1 Å². The molecule has 0 aromatic carbocycles. The van der Waals surface area contributed by atoms with Crippen LogP contribution in [0.5, 0.6) is 0 Å². The number of furan rings is 1. The van der Waals surface area contributed by atoms with Gasteiger partial charge < -0.3 is 14.5 Å². The Morgan fingerprint density at radius 3 is 2.56 bits per heavy atom. The Balaban J connectivity index is 2.13. The van der Waals surface area contributed by atoms with Gasteiger partial charge in [0, 0.05) is 19.5 Å². The van der Waals surface area contributed by atoms with Crippen molar-refractivity contribution in [2.75, 3.05) is 19.0 Å². The Labute approximate surface area is 106 Å². The number of hydrogen-bond acceptors (Lipinski definition) is 5. The second kappa shape index (κ2) is 5.64. The van der Waals surface area contributed by atoms with Crippen LogP contribution in [0.2, 0.25) is 0 Å². The van der Waals surface area contributed by atoms with E-state index < -0.39 is 0 Å². The molecule has 0 saturated carbocycles. The van der Waals surface area contributed by atoms with E-state index >= 15 is 0 Å². The van der Waals surface area contributed by atoms with E-state index in [-0.39, 0.29) is 6.04 Å². The second-order valence-electron chi connectivity index (χ2n) is 4.18. The topological polar surface area (TPSA) is 60.2 Å². The van der Waals surface area contributed by atoms with Crippen LogP contribution in [0.25, 0.3) is 0 Å². The number of ether oxygens (including phenoxy) is 1. The number of nitrogens with zero attached hydrogens (tertiary/aromatic N) is 2. The molecule has 96 valence electrons. The van der Waals surface area contributed by atoms with Crippen LogP contribution < -0.4 is 5.32 Å². The van der Waals surface area contributed by atoms with Gasteiger partial charge in [-0.15, -0.1) is 0 Å². The average molecular weight is 247 g/mol. The van der Waals surface area contributed by atoms with Crippen LogP contribution in [0.4, 0.5) is 5.95 Å². The summed E-state index contributed by atoms with van der Waals surface area (Å²) >= 11 is 0. The van der Waals surface area contributed by atoms with Gasteiger partial charge in [-0.05, 0) is 31.5 Å². The lowest BCUT2D eigenvalue weighted by Crippen LogP contribution is -2.17. The first-order valence-electron chi connectivity index (χ1n) is 5.79. The zero-order valence-electron chi connectivity index (χ0n) is 10.8. The maximum Gasteiger partial charge on any atom is 0.223 e. The first-order chi connectivity index (χ1) is 8.69. The number of hydrogen-bond donors (Lipinski definition) is 1. The molecule has 0 radical (unpaired) electrons. The quantitative estimate of drug-likeness (QED) is 0.879. The van der Waals surface area contributed by atoms with E-state index in [4.69, 9.17) is 9.15 Å². The summed E-state index contributed by atoms with van der Waals surface area (Å²) in [6, 6.07) is 3.77. The molecule has 1 atom stereocenters. The van der Waals surface area contributed by atoms with E-state index in [0.717, 1.165) is 17.1 Å². The highest BCUT2D eigenvalue weighted by Gasteiger charge is 2.15. The van der Waals surface area contributed by atoms with Crippen LogP contribution in [-0.4, -0.2) is 23.7 Å². The molecule has 0 saturated heterocycles. The van der Waals surface area contributed by atoms with Crippen molar-refractivity contribution >= 4 is 5.95 Å². The monoisotopic (exact) mass is 247 g/mol. The van der Waals surface area contributed by atoms with Crippen LogP contribution in [0.3, 0.4) is 0 Å². The van der Waals surface area contributed by atoms with E-state index in [1.165, 1.54) is 0 Å². The van der Waals surface area contributed by atoms with E-state index in [9.17, 15) is 0 Å². The minimum Gasteiger partial charge on any atom is -0.464 e.